The maximum absolute atomic E-state index is 2.00. The first-order valence-electron chi connectivity index (χ1n) is 1.34. The van der Waals surface area contributed by atoms with Gasteiger partial charge in [-0.15, -0.1) is 0 Å². The highest BCUT2D eigenvalue weighted by Crippen LogP contribution is 1.47. The predicted molar refractivity (Wildman–Crippen MR) is 32.1 cm³/mol. The van der Waals surface area contributed by atoms with Crippen LogP contribution in [0.1, 0.15) is 1.43 Å². The van der Waals surface area contributed by atoms with Crippen molar-refractivity contribution in [2.45, 2.75) is 0 Å². The van der Waals surface area contributed by atoms with Crippen molar-refractivity contribution in [3.05, 3.63) is 0 Å². The molecule has 0 saturated heterocycles. The van der Waals surface area contributed by atoms with E-state index in [4.69, 9.17) is 0 Å². The van der Waals surface area contributed by atoms with E-state index in [0.717, 1.165) is 0 Å². The van der Waals surface area contributed by atoms with E-state index in [0.29, 0.717) is 0 Å². The maximum atomic E-state index is 2.00. The monoisotopic (exact) mass is 92.1 g/mol. The van der Waals surface area contributed by atoms with Gasteiger partial charge in [0.15, 0.2) is 0 Å². The molecule has 34 valence electrons. The average molecular weight is 92.2 g/mol. The zero-order valence-corrected chi connectivity index (χ0v) is 3.45. The zero-order chi connectivity index (χ0) is 3.58. The highest BCUT2D eigenvalue weighted by molar-refractivity contribution is 5.75. The van der Waals surface area contributed by atoms with Crippen LogP contribution in [0.2, 0.25) is 0 Å². The van der Waals surface area contributed by atoms with E-state index in [9.17, 15) is 0 Å². The standard InChI is InChI=1S/C3H9N.H4Si/c1-4(2)3;/h1-3H3;1H4/p+1. The second kappa shape index (κ2) is 4.18. The van der Waals surface area contributed by atoms with Crippen molar-refractivity contribution in [2.24, 2.45) is 0 Å². The van der Waals surface area contributed by atoms with Gasteiger partial charge in [-0.1, -0.05) is 0 Å². The molecule has 0 amide bonds. The van der Waals surface area contributed by atoms with Crippen LogP contribution in [0, 0.1) is 0 Å². The molecular weight excluding hydrogens is 78.1 g/mol. The summed E-state index contributed by atoms with van der Waals surface area (Å²) in [6.45, 7) is 0. The summed E-state index contributed by atoms with van der Waals surface area (Å²) in [5.41, 5.74) is 0. The highest BCUT2D eigenvalue weighted by Gasteiger charge is 1.58. The Morgan fingerprint density at radius 3 is 1.20 bits per heavy atom. The number of rotatable bonds is 0. The summed E-state index contributed by atoms with van der Waals surface area (Å²) in [6, 6.07) is 0. The van der Waals surface area contributed by atoms with Crippen LogP contribution in [-0.4, -0.2) is 37.0 Å². The number of nitrogens with zero attached hydrogens (tertiary/aromatic N) is 1. The van der Waals surface area contributed by atoms with Crippen molar-refractivity contribution < 1.29 is 1.43 Å². The second-order valence-electron chi connectivity index (χ2n) is 1.34. The van der Waals surface area contributed by atoms with Gasteiger partial charge in [-0.25, -0.2) is 0 Å². The van der Waals surface area contributed by atoms with E-state index in [2.05, 4.69) is 0 Å². The fourth-order valence-electron chi connectivity index (χ4n) is 0. The topological polar surface area (TPSA) is 3.24 Å². The van der Waals surface area contributed by atoms with E-state index in [-0.39, 0.29) is 12.4 Å². The van der Waals surface area contributed by atoms with Gasteiger partial charge in [0.1, 0.15) is 0 Å². The molecule has 0 aliphatic rings. The van der Waals surface area contributed by atoms with Crippen molar-refractivity contribution in [1.29, 1.82) is 0 Å². The molecule has 0 fully saturated rings. The Labute approximate surface area is 39.5 Å². The smallest absolute Gasteiger partial charge is 0.312 e. The zero-order valence-electron chi connectivity index (χ0n) is 4.45. The minimum Gasteiger partial charge on any atom is -0.312 e. The lowest BCUT2D eigenvalue weighted by atomic mass is 11.0. The largest absolute Gasteiger partial charge is 1.00 e. The van der Waals surface area contributed by atoms with Gasteiger partial charge in [-0.2, -0.15) is 0 Å². The molecule has 0 aliphatic heterocycles. The molecule has 0 aliphatic carbocycles. The molecule has 0 spiro atoms. The Morgan fingerprint density at radius 2 is 1.20 bits per heavy atom. The van der Waals surface area contributed by atoms with Crippen LogP contribution in [0.4, 0.5) is 0 Å². The third kappa shape index (κ3) is 633. The summed E-state index contributed by atoms with van der Waals surface area (Å²) in [6.07, 6.45) is 0. The van der Waals surface area contributed by atoms with Gasteiger partial charge >= 0.3 is 1.43 Å². The molecule has 0 bridgehead atoms. The van der Waals surface area contributed by atoms with E-state index < -0.39 is 0 Å². The van der Waals surface area contributed by atoms with Crippen LogP contribution in [0.15, 0.2) is 0 Å². The summed E-state index contributed by atoms with van der Waals surface area (Å²) in [7, 11) is 6.00. The quantitative estimate of drug-likeness (QED) is 0.341. The van der Waals surface area contributed by atoms with Crippen LogP contribution in [0.25, 0.3) is 0 Å². The normalized spacial score (nSPS) is 7.20. The highest BCUT2D eigenvalue weighted by atomic mass is 28.1. The Balaban J connectivity index is -0.0000000450. The molecule has 2 heteroatoms. The SMILES string of the molecule is CN(C)C.[H+].[SiH4]. The van der Waals surface area contributed by atoms with E-state index in [1.807, 2.05) is 26.0 Å². The lowest BCUT2D eigenvalue weighted by Gasteiger charge is -1.90. The molecule has 0 atom stereocenters. The Morgan fingerprint density at radius 1 is 1.20 bits per heavy atom. The third-order valence-corrected chi connectivity index (χ3v) is 0. The van der Waals surface area contributed by atoms with E-state index in [1.54, 1.807) is 0 Å². The summed E-state index contributed by atoms with van der Waals surface area (Å²) in [4.78, 5) is 2.00. The van der Waals surface area contributed by atoms with Gasteiger partial charge in [0.05, 0.1) is 0 Å². The molecule has 0 N–H and O–H groups in total. The molecule has 0 aromatic heterocycles. The number of hydrogen-bond donors (Lipinski definition) is 0. The lowest BCUT2D eigenvalue weighted by Crippen LogP contribution is -1.99. The predicted octanol–water partition coefficient (Wildman–Crippen LogP) is -1.16. The van der Waals surface area contributed by atoms with Crippen molar-refractivity contribution in [3.8, 4) is 0 Å². The molecule has 0 radical (unpaired) electrons. The summed E-state index contributed by atoms with van der Waals surface area (Å²) in [5.74, 6) is 0. The first kappa shape index (κ1) is 8.95. The Hall–Kier alpha value is 0.177. The molecule has 0 aromatic rings. The van der Waals surface area contributed by atoms with E-state index in [1.165, 1.54) is 0 Å². The number of hydrogen-bond acceptors (Lipinski definition) is 1. The molecular formula is C3H14NSi+. The van der Waals surface area contributed by atoms with Gasteiger partial charge < -0.3 is 4.90 Å². The van der Waals surface area contributed by atoms with Crippen LogP contribution < -0.4 is 0 Å². The van der Waals surface area contributed by atoms with Gasteiger partial charge in [-0.05, 0) is 32.1 Å². The lowest BCUT2D eigenvalue weighted by molar-refractivity contribution is 0.505. The fraction of sp³-hybridized carbons (Fsp3) is 1.00. The van der Waals surface area contributed by atoms with Crippen molar-refractivity contribution in [3.63, 3.8) is 0 Å². The van der Waals surface area contributed by atoms with Crippen molar-refractivity contribution in [2.75, 3.05) is 21.1 Å². The summed E-state index contributed by atoms with van der Waals surface area (Å²) < 4.78 is 0. The van der Waals surface area contributed by atoms with E-state index >= 15 is 0 Å². The first-order valence-corrected chi connectivity index (χ1v) is 1.34. The molecule has 0 heterocycles. The average Bonchev–Trinajstić information content (AvgIpc) is 0.811. The Bertz CT molecular complexity index is 15.5. The second-order valence-corrected chi connectivity index (χ2v) is 1.34. The van der Waals surface area contributed by atoms with Crippen LogP contribution in [-0.2, 0) is 0 Å². The van der Waals surface area contributed by atoms with Gasteiger partial charge in [-0.3, -0.25) is 0 Å². The molecule has 0 aromatic carbocycles. The van der Waals surface area contributed by atoms with Gasteiger partial charge in [0.2, 0.25) is 0 Å². The van der Waals surface area contributed by atoms with Crippen molar-refractivity contribution in [1.82, 2.24) is 4.90 Å². The minimum absolute atomic E-state index is 0. The molecule has 5 heavy (non-hydrogen) atoms. The van der Waals surface area contributed by atoms with Crippen LogP contribution in [0.5, 0.6) is 0 Å². The summed E-state index contributed by atoms with van der Waals surface area (Å²) >= 11 is 0. The molecule has 0 rings (SSSR count). The van der Waals surface area contributed by atoms with Gasteiger partial charge in [0.25, 0.3) is 0 Å². The molecule has 1 nitrogen and oxygen atoms in total. The Kier molecular flexibility index (Phi) is 7.48. The maximum Gasteiger partial charge on any atom is 1.00 e. The first-order chi connectivity index (χ1) is 1.73. The molecule has 0 saturated carbocycles. The van der Waals surface area contributed by atoms with Gasteiger partial charge in [0, 0.05) is 0 Å². The van der Waals surface area contributed by atoms with Crippen molar-refractivity contribution >= 4 is 11.0 Å². The minimum atomic E-state index is 0. The fourth-order valence-corrected chi connectivity index (χ4v) is 0. The van der Waals surface area contributed by atoms with Crippen LogP contribution in [0.3, 0.4) is 0 Å². The molecule has 0 unspecified atom stereocenters. The summed E-state index contributed by atoms with van der Waals surface area (Å²) in [5, 5.41) is 0. The van der Waals surface area contributed by atoms with Crippen LogP contribution >= 0.6 is 0 Å². The third-order valence-electron chi connectivity index (χ3n) is 0.